The Morgan fingerprint density at radius 3 is 2.83 bits per heavy atom. The normalized spacial score (nSPS) is 11.9. The van der Waals surface area contributed by atoms with Gasteiger partial charge in [0.05, 0.1) is 21.8 Å². The minimum Gasteiger partial charge on any atom is -0.375 e. The summed E-state index contributed by atoms with van der Waals surface area (Å²) in [6.45, 7) is 1.97. The van der Waals surface area contributed by atoms with Gasteiger partial charge in [0.1, 0.15) is 6.07 Å². The zero-order chi connectivity index (χ0) is 13.1. The molecule has 1 aromatic carbocycles. The van der Waals surface area contributed by atoms with Crippen LogP contribution in [-0.4, -0.2) is 0 Å². The topological polar surface area (TPSA) is 35.8 Å². The summed E-state index contributed by atoms with van der Waals surface area (Å²) in [7, 11) is 0. The summed E-state index contributed by atoms with van der Waals surface area (Å²) in [5, 5.41) is 13.9. The highest BCUT2D eigenvalue weighted by atomic mass is 79.9. The van der Waals surface area contributed by atoms with Crippen LogP contribution in [0.4, 0.5) is 10.1 Å². The van der Waals surface area contributed by atoms with Gasteiger partial charge in [-0.05, 0) is 46.4 Å². The van der Waals surface area contributed by atoms with Gasteiger partial charge in [-0.3, -0.25) is 0 Å². The van der Waals surface area contributed by atoms with Crippen LogP contribution >= 0.6 is 27.3 Å². The van der Waals surface area contributed by atoms with Crippen LogP contribution in [0.1, 0.15) is 23.4 Å². The highest BCUT2D eigenvalue weighted by Crippen LogP contribution is 2.30. The number of rotatable bonds is 3. The molecule has 0 saturated carbocycles. The van der Waals surface area contributed by atoms with Gasteiger partial charge in [-0.1, -0.05) is 6.07 Å². The molecule has 1 unspecified atom stereocenters. The van der Waals surface area contributed by atoms with E-state index in [-0.39, 0.29) is 10.5 Å². The molecule has 0 amide bonds. The highest BCUT2D eigenvalue weighted by Gasteiger charge is 2.13. The fraction of sp³-hybridized carbons (Fsp3) is 0.154. The molecular formula is C13H10BrFN2S. The van der Waals surface area contributed by atoms with Crippen molar-refractivity contribution in [2.45, 2.75) is 13.0 Å². The molecule has 1 N–H and O–H groups in total. The molecule has 0 aliphatic carbocycles. The van der Waals surface area contributed by atoms with E-state index in [1.807, 2.05) is 30.5 Å². The fourth-order valence-corrected chi connectivity index (χ4v) is 2.76. The van der Waals surface area contributed by atoms with E-state index in [4.69, 9.17) is 5.26 Å². The lowest BCUT2D eigenvalue weighted by Crippen LogP contribution is -2.07. The van der Waals surface area contributed by atoms with E-state index in [1.54, 1.807) is 23.5 Å². The lowest BCUT2D eigenvalue weighted by molar-refractivity contribution is 0.620. The minimum absolute atomic E-state index is 0.0272. The first kappa shape index (κ1) is 13.1. The summed E-state index contributed by atoms with van der Waals surface area (Å²) in [5.74, 6) is -0.433. The molecule has 0 saturated heterocycles. The molecule has 2 nitrogen and oxygen atoms in total. The van der Waals surface area contributed by atoms with E-state index in [0.717, 1.165) is 4.88 Å². The minimum atomic E-state index is -0.433. The number of nitriles is 1. The van der Waals surface area contributed by atoms with E-state index in [2.05, 4.69) is 21.2 Å². The largest absolute Gasteiger partial charge is 0.375 e. The Bertz CT molecular complexity index is 590. The van der Waals surface area contributed by atoms with Crippen molar-refractivity contribution < 1.29 is 4.39 Å². The average molecular weight is 325 g/mol. The van der Waals surface area contributed by atoms with Gasteiger partial charge in [0.15, 0.2) is 5.82 Å². The summed E-state index contributed by atoms with van der Waals surface area (Å²) < 4.78 is 14.2. The van der Waals surface area contributed by atoms with Crippen LogP contribution < -0.4 is 5.32 Å². The third-order valence-electron chi connectivity index (χ3n) is 2.54. The number of benzene rings is 1. The van der Waals surface area contributed by atoms with Gasteiger partial charge in [0.2, 0.25) is 0 Å². The highest BCUT2D eigenvalue weighted by molar-refractivity contribution is 9.10. The first-order valence-electron chi connectivity index (χ1n) is 5.31. The van der Waals surface area contributed by atoms with Gasteiger partial charge in [-0.2, -0.15) is 5.26 Å². The molecule has 0 spiro atoms. The molecule has 92 valence electrons. The average Bonchev–Trinajstić information content (AvgIpc) is 2.89. The summed E-state index contributed by atoms with van der Waals surface area (Å²) in [4.78, 5) is 1.13. The molecule has 0 bridgehead atoms. The van der Waals surface area contributed by atoms with Crippen LogP contribution in [0.3, 0.4) is 0 Å². The Balaban J connectivity index is 2.26. The molecule has 2 aromatic rings. The van der Waals surface area contributed by atoms with E-state index >= 15 is 0 Å². The van der Waals surface area contributed by atoms with Crippen LogP contribution in [0.15, 0.2) is 34.1 Å². The SMILES string of the molecule is CC(Nc1ccc(C#N)c(Br)c1F)c1cccs1. The molecular weight excluding hydrogens is 315 g/mol. The molecule has 0 aliphatic heterocycles. The summed E-state index contributed by atoms with van der Waals surface area (Å²) in [6, 6.07) is 9.10. The maximum Gasteiger partial charge on any atom is 0.161 e. The van der Waals surface area contributed by atoms with E-state index < -0.39 is 5.82 Å². The van der Waals surface area contributed by atoms with E-state index in [0.29, 0.717) is 11.3 Å². The molecule has 5 heteroatoms. The van der Waals surface area contributed by atoms with Gasteiger partial charge in [0.25, 0.3) is 0 Å². The van der Waals surface area contributed by atoms with Crippen molar-refractivity contribution in [1.29, 1.82) is 5.26 Å². The number of nitrogens with zero attached hydrogens (tertiary/aromatic N) is 1. The predicted molar refractivity (Wildman–Crippen MR) is 75.2 cm³/mol. The molecule has 0 fully saturated rings. The maximum atomic E-state index is 14.0. The van der Waals surface area contributed by atoms with Crippen molar-refractivity contribution in [3.63, 3.8) is 0 Å². The zero-order valence-electron chi connectivity index (χ0n) is 9.58. The Morgan fingerprint density at radius 2 is 2.22 bits per heavy atom. The second-order valence-corrected chi connectivity index (χ2v) is 5.55. The van der Waals surface area contributed by atoms with E-state index in [9.17, 15) is 4.39 Å². The summed E-state index contributed by atoms with van der Waals surface area (Å²) in [5.41, 5.74) is 0.684. The van der Waals surface area contributed by atoms with Crippen molar-refractivity contribution in [2.75, 3.05) is 5.32 Å². The van der Waals surface area contributed by atoms with Gasteiger partial charge < -0.3 is 5.32 Å². The van der Waals surface area contributed by atoms with Crippen molar-refractivity contribution >= 4 is 33.0 Å². The second kappa shape index (κ2) is 5.51. The zero-order valence-corrected chi connectivity index (χ0v) is 12.0. The molecule has 1 heterocycles. The maximum absolute atomic E-state index is 14.0. The standard InChI is InChI=1S/C13H10BrFN2S/c1-8(11-3-2-6-18-11)17-10-5-4-9(7-16)12(14)13(10)15/h2-6,8,17H,1H3. The summed E-state index contributed by atoms with van der Waals surface area (Å²) >= 11 is 4.71. The third-order valence-corrected chi connectivity index (χ3v) is 4.38. The molecule has 1 aromatic heterocycles. The van der Waals surface area contributed by atoms with E-state index in [1.165, 1.54) is 0 Å². The number of anilines is 1. The first-order valence-corrected chi connectivity index (χ1v) is 6.98. The Morgan fingerprint density at radius 1 is 1.44 bits per heavy atom. The number of hydrogen-bond donors (Lipinski definition) is 1. The predicted octanol–water partition coefficient (Wildman–Crippen LogP) is 4.69. The van der Waals surface area contributed by atoms with Gasteiger partial charge in [-0.15, -0.1) is 11.3 Å². The van der Waals surface area contributed by atoms with Crippen LogP contribution in [0.2, 0.25) is 0 Å². The first-order chi connectivity index (χ1) is 8.63. The molecule has 0 aliphatic rings. The number of thiophene rings is 1. The number of hydrogen-bond acceptors (Lipinski definition) is 3. The molecule has 2 rings (SSSR count). The third kappa shape index (κ3) is 2.55. The quantitative estimate of drug-likeness (QED) is 0.888. The summed E-state index contributed by atoms with van der Waals surface area (Å²) in [6.07, 6.45) is 0. The second-order valence-electron chi connectivity index (χ2n) is 3.78. The fourth-order valence-electron chi connectivity index (χ4n) is 1.59. The molecule has 0 radical (unpaired) electrons. The Labute approximate surface area is 117 Å². The smallest absolute Gasteiger partial charge is 0.161 e. The number of halogens is 2. The van der Waals surface area contributed by atoms with Crippen molar-refractivity contribution in [3.8, 4) is 6.07 Å². The molecule has 18 heavy (non-hydrogen) atoms. The molecule has 1 atom stereocenters. The van der Waals surface area contributed by atoms with Crippen LogP contribution in [0.5, 0.6) is 0 Å². The van der Waals surface area contributed by atoms with Crippen molar-refractivity contribution in [3.05, 3.63) is 50.4 Å². The van der Waals surface area contributed by atoms with Gasteiger partial charge in [0, 0.05) is 4.88 Å². The van der Waals surface area contributed by atoms with Crippen molar-refractivity contribution in [1.82, 2.24) is 0 Å². The number of nitrogens with one attached hydrogen (secondary N) is 1. The van der Waals surface area contributed by atoms with Crippen LogP contribution in [0.25, 0.3) is 0 Å². The van der Waals surface area contributed by atoms with Gasteiger partial charge >= 0.3 is 0 Å². The van der Waals surface area contributed by atoms with Crippen LogP contribution in [0, 0.1) is 17.1 Å². The van der Waals surface area contributed by atoms with Crippen LogP contribution in [-0.2, 0) is 0 Å². The Hall–Kier alpha value is -1.38. The van der Waals surface area contributed by atoms with Gasteiger partial charge in [-0.25, -0.2) is 4.39 Å². The van der Waals surface area contributed by atoms with Crippen molar-refractivity contribution in [2.24, 2.45) is 0 Å². The Kier molecular flexibility index (Phi) is 4.00. The lowest BCUT2D eigenvalue weighted by Gasteiger charge is -2.15. The lowest BCUT2D eigenvalue weighted by atomic mass is 10.2. The monoisotopic (exact) mass is 324 g/mol.